The highest BCUT2D eigenvalue weighted by Crippen LogP contribution is 2.51. The summed E-state index contributed by atoms with van der Waals surface area (Å²) in [7, 11) is -0.0437. The van der Waals surface area contributed by atoms with Gasteiger partial charge in [-0.15, -0.1) is 0 Å². The monoisotopic (exact) mass is 482 g/mol. The van der Waals surface area contributed by atoms with Crippen LogP contribution in [0.3, 0.4) is 0 Å². The maximum absolute atomic E-state index is 11.0. The Bertz CT molecular complexity index is 959. The first kappa shape index (κ1) is 25.0. The van der Waals surface area contributed by atoms with E-state index in [0.29, 0.717) is 19.8 Å². The van der Waals surface area contributed by atoms with Gasteiger partial charge >= 0.3 is 0 Å². The lowest BCUT2D eigenvalue weighted by Gasteiger charge is -2.43. The van der Waals surface area contributed by atoms with E-state index in [2.05, 4.69) is 0 Å². The van der Waals surface area contributed by atoms with Crippen molar-refractivity contribution in [3.63, 3.8) is 0 Å². The SMILES string of the molecule is CO[P@]1O[C@H](COCc2ccccc2)[C@@H](OCc2ccccc2)[C@H](OCc2ccccc2)[C@@H]1O. The van der Waals surface area contributed by atoms with E-state index in [4.69, 9.17) is 23.3 Å². The van der Waals surface area contributed by atoms with Crippen LogP contribution in [0.2, 0.25) is 0 Å². The number of benzene rings is 3. The zero-order valence-corrected chi connectivity index (χ0v) is 20.1. The van der Waals surface area contributed by atoms with Crippen LogP contribution in [-0.4, -0.2) is 43.0 Å². The minimum Gasteiger partial charge on any atom is -0.381 e. The van der Waals surface area contributed by atoms with Gasteiger partial charge in [0.05, 0.1) is 26.4 Å². The average Bonchev–Trinajstić information content (AvgIpc) is 2.89. The number of aliphatic hydroxyl groups excluding tert-OH is 1. The highest BCUT2D eigenvalue weighted by molar-refractivity contribution is 7.48. The van der Waals surface area contributed by atoms with E-state index in [0.717, 1.165) is 16.7 Å². The fourth-order valence-corrected chi connectivity index (χ4v) is 5.19. The second kappa shape index (κ2) is 13.1. The molecule has 5 atom stereocenters. The number of hydrogen-bond donors (Lipinski definition) is 1. The molecule has 1 heterocycles. The second-order valence-electron chi connectivity index (χ2n) is 8.05. The molecule has 180 valence electrons. The van der Waals surface area contributed by atoms with Crippen LogP contribution in [0.4, 0.5) is 0 Å². The molecule has 1 saturated heterocycles. The molecule has 0 aromatic heterocycles. The molecule has 0 bridgehead atoms. The molecule has 3 aromatic rings. The number of aliphatic hydroxyl groups is 1. The summed E-state index contributed by atoms with van der Waals surface area (Å²) in [6, 6.07) is 29.8. The molecule has 6 nitrogen and oxygen atoms in total. The van der Waals surface area contributed by atoms with Crippen LogP contribution in [0.25, 0.3) is 0 Å². The van der Waals surface area contributed by atoms with Crippen molar-refractivity contribution in [1.29, 1.82) is 0 Å². The standard InChI is InChI=1S/C27H31O6P/c1-29-34-27(28)26(32-19-23-15-9-4-10-16-23)25(31-18-22-13-7-3-8-14-22)24(33-34)20-30-17-21-11-5-2-6-12-21/h2-16,24-28H,17-20H2,1H3/t24-,25-,26+,27-,34-/m1/s1. The highest BCUT2D eigenvalue weighted by Gasteiger charge is 2.48. The van der Waals surface area contributed by atoms with Gasteiger partial charge in [0.1, 0.15) is 18.3 Å². The minimum absolute atomic E-state index is 0.286. The van der Waals surface area contributed by atoms with Crippen molar-refractivity contribution in [3.8, 4) is 0 Å². The smallest absolute Gasteiger partial charge is 0.204 e. The molecular weight excluding hydrogens is 451 g/mol. The summed E-state index contributed by atoms with van der Waals surface area (Å²) in [6.45, 7) is 1.45. The molecule has 0 amide bonds. The first-order chi connectivity index (χ1) is 16.7. The van der Waals surface area contributed by atoms with Gasteiger partial charge in [0.15, 0.2) is 5.85 Å². The topological polar surface area (TPSA) is 66.4 Å². The molecule has 34 heavy (non-hydrogen) atoms. The fourth-order valence-electron chi connectivity index (χ4n) is 3.82. The Hall–Kier alpha value is -2.15. The van der Waals surface area contributed by atoms with E-state index < -0.39 is 32.5 Å². The first-order valence-electron chi connectivity index (χ1n) is 11.4. The summed E-state index contributed by atoms with van der Waals surface area (Å²) < 4.78 is 30.2. The Morgan fingerprint density at radius 1 is 0.706 bits per heavy atom. The van der Waals surface area contributed by atoms with Gasteiger partial charge in [-0.3, -0.25) is 0 Å². The van der Waals surface area contributed by atoms with E-state index in [-0.39, 0.29) is 6.61 Å². The Balaban J connectivity index is 1.48. The minimum atomic E-state index is -1.58. The summed E-state index contributed by atoms with van der Waals surface area (Å²) in [5, 5.41) is 11.0. The highest BCUT2D eigenvalue weighted by atomic mass is 31.2. The van der Waals surface area contributed by atoms with Gasteiger partial charge in [-0.05, 0) is 16.7 Å². The van der Waals surface area contributed by atoms with Gasteiger partial charge in [0.2, 0.25) is 8.38 Å². The molecule has 3 aromatic carbocycles. The van der Waals surface area contributed by atoms with Crippen molar-refractivity contribution < 1.29 is 28.4 Å². The van der Waals surface area contributed by atoms with Crippen molar-refractivity contribution in [2.75, 3.05) is 13.7 Å². The molecule has 1 aliphatic rings. The summed E-state index contributed by atoms with van der Waals surface area (Å²) in [6.07, 6.45) is -1.62. The van der Waals surface area contributed by atoms with Gasteiger partial charge in [0, 0.05) is 7.11 Å². The molecule has 4 rings (SSSR count). The summed E-state index contributed by atoms with van der Waals surface area (Å²) in [5.74, 6) is -0.949. The summed E-state index contributed by atoms with van der Waals surface area (Å²) in [5.41, 5.74) is 3.12. The molecular formula is C27H31O6P. The predicted molar refractivity (Wildman–Crippen MR) is 131 cm³/mol. The Labute approximate surface area is 202 Å². The van der Waals surface area contributed by atoms with Gasteiger partial charge in [-0.2, -0.15) is 0 Å². The summed E-state index contributed by atoms with van der Waals surface area (Å²) in [4.78, 5) is 0. The lowest BCUT2D eigenvalue weighted by atomic mass is 10.1. The third-order valence-electron chi connectivity index (χ3n) is 5.58. The Morgan fingerprint density at radius 3 is 1.68 bits per heavy atom. The van der Waals surface area contributed by atoms with E-state index in [1.165, 1.54) is 7.11 Å². The second-order valence-corrected chi connectivity index (χ2v) is 9.72. The zero-order valence-electron chi connectivity index (χ0n) is 19.2. The predicted octanol–water partition coefficient (Wildman–Crippen LogP) is 5.05. The molecule has 0 unspecified atom stereocenters. The molecule has 1 fully saturated rings. The van der Waals surface area contributed by atoms with Crippen LogP contribution in [0, 0.1) is 0 Å². The lowest BCUT2D eigenvalue weighted by molar-refractivity contribution is -0.176. The molecule has 0 radical (unpaired) electrons. The van der Waals surface area contributed by atoms with Crippen molar-refractivity contribution in [1.82, 2.24) is 0 Å². The quantitative estimate of drug-likeness (QED) is 0.386. The summed E-state index contributed by atoms with van der Waals surface area (Å²) >= 11 is 0. The van der Waals surface area contributed by atoms with Crippen LogP contribution in [0.5, 0.6) is 0 Å². The number of rotatable bonds is 11. The van der Waals surface area contributed by atoms with Crippen LogP contribution >= 0.6 is 8.38 Å². The molecule has 0 spiro atoms. The normalized spacial score (nSPS) is 24.7. The van der Waals surface area contributed by atoms with Gasteiger partial charge in [-0.1, -0.05) is 91.0 Å². The molecule has 7 heteroatoms. The van der Waals surface area contributed by atoms with E-state index in [9.17, 15) is 5.11 Å². The van der Waals surface area contributed by atoms with Crippen LogP contribution in [-0.2, 0) is 43.1 Å². The van der Waals surface area contributed by atoms with Crippen molar-refractivity contribution >= 4 is 8.38 Å². The van der Waals surface area contributed by atoms with Crippen molar-refractivity contribution in [3.05, 3.63) is 108 Å². The van der Waals surface area contributed by atoms with Gasteiger partial charge in [-0.25, -0.2) is 0 Å². The third kappa shape index (κ3) is 6.94. The molecule has 1 aliphatic heterocycles. The third-order valence-corrected chi connectivity index (χ3v) is 7.15. The Kier molecular flexibility index (Phi) is 9.60. The van der Waals surface area contributed by atoms with Crippen LogP contribution < -0.4 is 0 Å². The molecule has 1 N–H and O–H groups in total. The largest absolute Gasteiger partial charge is 0.381 e. The lowest BCUT2D eigenvalue weighted by Crippen LogP contribution is -2.53. The number of hydrogen-bond acceptors (Lipinski definition) is 6. The Morgan fingerprint density at radius 2 is 1.18 bits per heavy atom. The molecule has 0 aliphatic carbocycles. The van der Waals surface area contributed by atoms with E-state index >= 15 is 0 Å². The molecule has 0 saturated carbocycles. The maximum Gasteiger partial charge on any atom is 0.204 e. The average molecular weight is 483 g/mol. The van der Waals surface area contributed by atoms with E-state index in [1.54, 1.807) is 0 Å². The van der Waals surface area contributed by atoms with Crippen LogP contribution in [0.1, 0.15) is 16.7 Å². The number of ether oxygens (including phenoxy) is 3. The maximum atomic E-state index is 11.0. The van der Waals surface area contributed by atoms with E-state index in [1.807, 2.05) is 91.0 Å². The van der Waals surface area contributed by atoms with Crippen molar-refractivity contribution in [2.24, 2.45) is 0 Å². The van der Waals surface area contributed by atoms with Crippen molar-refractivity contribution in [2.45, 2.75) is 44.0 Å². The first-order valence-corrected chi connectivity index (χ1v) is 12.6. The van der Waals surface area contributed by atoms with Gasteiger partial charge in [0.25, 0.3) is 0 Å². The van der Waals surface area contributed by atoms with Crippen LogP contribution in [0.15, 0.2) is 91.0 Å². The zero-order chi connectivity index (χ0) is 23.6. The fraction of sp³-hybridized carbons (Fsp3) is 0.333. The van der Waals surface area contributed by atoms with Gasteiger partial charge < -0.3 is 28.4 Å².